The molecule has 7 rings (SSSR count). The lowest BCUT2D eigenvalue weighted by Gasteiger charge is -2.19. The Morgan fingerprint density at radius 3 is 0.464 bits per heavy atom. The molecule has 0 aliphatic heterocycles. The topological polar surface area (TPSA) is 538 Å². The second-order valence-corrected chi connectivity index (χ2v) is 36.8. The Balaban J connectivity index is 1.75. The van der Waals surface area contributed by atoms with Crippen molar-refractivity contribution in [3.8, 4) is 69.0 Å². The molecule has 42 heteroatoms. The summed E-state index contributed by atoms with van der Waals surface area (Å²) < 4.78 is 106. The molecular formula is C96H132N12O30. The fourth-order valence-corrected chi connectivity index (χ4v) is 12.4. The van der Waals surface area contributed by atoms with Crippen molar-refractivity contribution in [3.63, 3.8) is 0 Å². The van der Waals surface area contributed by atoms with Crippen LogP contribution in [0.3, 0.4) is 0 Å². The van der Waals surface area contributed by atoms with Gasteiger partial charge in [-0.1, -0.05) is 0 Å². The predicted octanol–water partition coefficient (Wildman–Crippen LogP) is 13.6. The number of ether oxygens (including phenoxy) is 18. The number of benzene rings is 6. The molecule has 138 heavy (non-hydrogen) atoms. The molecule has 0 aliphatic rings. The van der Waals surface area contributed by atoms with Gasteiger partial charge in [0, 0.05) is 75.7 Å². The third-order valence-corrected chi connectivity index (χ3v) is 18.2. The monoisotopic (exact) mass is 1930 g/mol. The van der Waals surface area contributed by atoms with Crippen LogP contribution in [0.5, 0.6) is 69.0 Å². The van der Waals surface area contributed by atoms with Crippen LogP contribution in [0.2, 0.25) is 0 Å². The first-order valence-corrected chi connectivity index (χ1v) is 44.6. The summed E-state index contributed by atoms with van der Waals surface area (Å²) in [4.78, 5) is 188. The SMILES string of the molecule is COc1cc(OC)c2cc1c(=O)[nH]c1cc([nH]c(=O)c3cc(c(OC)cc3OC)c(=O)[nH]c3cc([nH]c(=O)c4cc(c(OC)cc4OC)c(=O)[nH]c4cc([nH]c2=O)c(OCCCNC(=O)OC(C)(C)C)cc4OCCCNC(=O)OC(C)(C)C)c(OCCCNC(=O)OC(C)(C)C)cc3OCCCNC(=O)OC(C)(C)C)c(OCCCNC(=O)OC(C)(C)C)cc1OCCCNC(=O)OC(C)(C)C. The van der Waals surface area contributed by atoms with Crippen LogP contribution < -0.4 is 122 Å². The molecule has 756 valence electrons. The molecule has 0 spiro atoms. The smallest absolute Gasteiger partial charge is 0.407 e. The minimum atomic E-state index is -0.986. The molecule has 12 N–H and O–H groups in total. The van der Waals surface area contributed by atoms with E-state index in [1.165, 1.54) is 97.3 Å². The number of H-pyrrole nitrogens is 6. The van der Waals surface area contributed by atoms with E-state index in [0.29, 0.717) is 0 Å². The summed E-state index contributed by atoms with van der Waals surface area (Å²) >= 11 is 0. The summed E-state index contributed by atoms with van der Waals surface area (Å²) in [5.41, 5.74) is -12.0. The van der Waals surface area contributed by atoms with Gasteiger partial charge in [-0.05, 0) is 200 Å². The number of fused-ring (bicyclic) bond motifs is 12. The van der Waals surface area contributed by atoms with Crippen molar-refractivity contribution in [2.24, 2.45) is 0 Å². The third-order valence-electron chi connectivity index (χ3n) is 18.2. The van der Waals surface area contributed by atoms with E-state index in [4.69, 9.17) is 85.3 Å². The highest BCUT2D eigenvalue weighted by Gasteiger charge is 2.25. The third kappa shape index (κ3) is 36.5. The van der Waals surface area contributed by atoms with Crippen molar-refractivity contribution in [2.75, 3.05) is 122 Å². The van der Waals surface area contributed by atoms with Gasteiger partial charge in [0.25, 0.3) is 33.4 Å². The first-order valence-electron chi connectivity index (χ1n) is 44.6. The van der Waals surface area contributed by atoms with E-state index in [-0.39, 0.29) is 252 Å². The van der Waals surface area contributed by atoms with E-state index in [0.717, 1.165) is 18.2 Å². The molecule has 0 aliphatic carbocycles. The molecule has 0 atom stereocenters. The highest BCUT2D eigenvalue weighted by Crippen LogP contribution is 2.36. The standard InChI is InChI=1S/C96H132N12O30/c1-91(2,3)133-85(115)97-31-25-37-127-73-52-74(128-38-26-32-98-86(116)134-92(4,5)6)62-46-61(73)103-79(109)55-43-56(68(122-20)49-67(55)121-19)81(111)105-63-47-64(76(130-40-28-34-100-88(118)136-94(10,11)12)53-75(63)129-39-27-33-99-87(117)135-93(7,8)9)107-83(113)59-45-60(72(126-24)51-71(59)125-23)84(114)108-66-48-65(106-82(112)58-44-57(80(110)104-62)69(123-21)50-70(58)124-22)77(131-41-29-35-101-89(119)137-95(13,14)15)54-78(66)132-42-30-36-102-90(120)138-96(16,17)18/h43-54H,25-42H2,1-24H3,(H,97,115)(H,98,116)(H,99,117)(H,100,118)(H,101,119)(H,102,120)(H,103,109)(H,104,110)(H,105,111)(H,106,112)(H,107,113)(H,108,114). The summed E-state index contributed by atoms with van der Waals surface area (Å²) in [5.74, 6) is -1.63. The van der Waals surface area contributed by atoms with E-state index in [9.17, 15) is 28.8 Å². The first-order chi connectivity index (χ1) is 64.8. The number of carbonyl (C=O) groups is 6. The van der Waals surface area contributed by atoms with Crippen molar-refractivity contribution >= 4 is 102 Å². The maximum atomic E-state index is 15.6. The van der Waals surface area contributed by atoms with Crippen molar-refractivity contribution in [1.82, 2.24) is 61.8 Å². The van der Waals surface area contributed by atoms with Gasteiger partial charge in [-0.2, -0.15) is 0 Å². The number of carbonyl (C=O) groups excluding carboxylic acids is 6. The lowest BCUT2D eigenvalue weighted by Crippen LogP contribution is -2.33. The van der Waals surface area contributed by atoms with E-state index in [1.807, 2.05) is 0 Å². The second-order valence-electron chi connectivity index (χ2n) is 36.8. The summed E-state index contributed by atoms with van der Waals surface area (Å²) in [5, 5.41) is 14.1. The van der Waals surface area contributed by atoms with Crippen LogP contribution in [0.25, 0.3) is 65.4 Å². The maximum absolute atomic E-state index is 15.6. The molecule has 0 radical (unpaired) electrons. The highest BCUT2D eigenvalue weighted by molar-refractivity contribution is 5.85. The molecule has 1 heterocycles. The number of amides is 6. The number of aromatic amines is 6. The number of aromatic nitrogens is 6. The molecular weight excluding hydrogens is 1800 g/mol. The zero-order valence-corrected chi connectivity index (χ0v) is 82.9. The zero-order chi connectivity index (χ0) is 102. The van der Waals surface area contributed by atoms with Crippen LogP contribution in [0.1, 0.15) is 163 Å². The number of methoxy groups -OCH3 is 6. The Labute approximate surface area is 796 Å². The van der Waals surface area contributed by atoms with Gasteiger partial charge >= 0.3 is 36.6 Å². The van der Waals surface area contributed by atoms with Crippen LogP contribution in [0.4, 0.5) is 28.8 Å². The highest BCUT2D eigenvalue weighted by atomic mass is 16.6. The molecule has 6 amide bonds. The number of nitrogens with one attached hydrogen (secondary N) is 12. The van der Waals surface area contributed by atoms with Gasteiger partial charge in [-0.3, -0.25) is 28.8 Å². The minimum Gasteiger partial charge on any atom is -0.496 e. The largest absolute Gasteiger partial charge is 0.496 e. The first kappa shape index (κ1) is 110. The van der Waals surface area contributed by atoms with E-state index in [1.54, 1.807) is 125 Å². The second kappa shape index (κ2) is 50.3. The number of alkyl carbamates (subject to hydrolysis) is 6. The van der Waals surface area contributed by atoms with Gasteiger partial charge in [-0.15, -0.1) is 0 Å². The summed E-state index contributed by atoms with van der Waals surface area (Å²) in [6.07, 6.45) is -3.52. The molecule has 6 aromatic carbocycles. The van der Waals surface area contributed by atoms with E-state index >= 15 is 28.8 Å². The van der Waals surface area contributed by atoms with Crippen molar-refractivity contribution in [3.05, 3.63) is 135 Å². The Morgan fingerprint density at radius 1 is 0.210 bits per heavy atom. The lowest BCUT2D eigenvalue weighted by molar-refractivity contribution is 0.0513. The van der Waals surface area contributed by atoms with Crippen molar-refractivity contribution in [2.45, 2.75) is 197 Å². The summed E-state index contributed by atoms with van der Waals surface area (Å²) in [6.45, 7) is 29.7. The summed E-state index contributed by atoms with van der Waals surface area (Å²) in [6, 6.07) is 15.1. The Kier molecular flexibility index (Phi) is 40.2. The van der Waals surface area contributed by atoms with E-state index in [2.05, 4.69) is 61.8 Å². The fraction of sp³-hybridized carbons (Fsp3) is 0.500. The van der Waals surface area contributed by atoms with Gasteiger partial charge in [-0.25, -0.2) is 28.8 Å². The predicted molar refractivity (Wildman–Crippen MR) is 520 cm³/mol. The van der Waals surface area contributed by atoms with Gasteiger partial charge in [0.2, 0.25) is 0 Å². The molecule has 12 bridgehead atoms. The zero-order valence-electron chi connectivity index (χ0n) is 82.9. The van der Waals surface area contributed by atoms with Crippen LogP contribution in [0.15, 0.2) is 102 Å². The Hall–Kier alpha value is -14.6. The lowest BCUT2D eigenvalue weighted by atomic mass is 10.2. The maximum Gasteiger partial charge on any atom is 0.407 e. The average molecular weight is 1930 g/mol. The summed E-state index contributed by atoms with van der Waals surface area (Å²) in [7, 11) is 7.50. The fourth-order valence-electron chi connectivity index (χ4n) is 12.4. The number of rotatable bonds is 36. The van der Waals surface area contributed by atoms with Crippen LogP contribution in [-0.4, -0.2) is 222 Å². The van der Waals surface area contributed by atoms with Crippen LogP contribution in [-0.2, 0) is 28.4 Å². The molecule has 1 aromatic heterocycles. The molecule has 0 saturated carbocycles. The molecule has 0 saturated heterocycles. The van der Waals surface area contributed by atoms with Gasteiger partial charge in [0.15, 0.2) is 0 Å². The van der Waals surface area contributed by atoms with Gasteiger partial charge < -0.3 is 147 Å². The van der Waals surface area contributed by atoms with Crippen LogP contribution >= 0.6 is 0 Å². The minimum absolute atomic E-state index is 0.0206. The van der Waals surface area contributed by atoms with Crippen LogP contribution in [0, 0.1) is 0 Å². The van der Waals surface area contributed by atoms with Gasteiger partial charge in [0.1, 0.15) is 103 Å². The van der Waals surface area contributed by atoms with E-state index < -0.39 is 104 Å². The Bertz CT molecular complexity index is 5300. The van der Waals surface area contributed by atoms with Gasteiger partial charge in [0.05, 0.1) is 148 Å². The van der Waals surface area contributed by atoms with Crippen molar-refractivity contribution < 1.29 is 114 Å². The molecule has 0 fully saturated rings. The molecule has 7 aromatic rings. The number of hydrogen-bond donors (Lipinski definition) is 12. The average Bonchev–Trinajstić information content (AvgIpc) is 0.786. The quantitative estimate of drug-likeness (QED) is 0.0128. The normalized spacial score (nSPS) is 11.5. The van der Waals surface area contributed by atoms with Crippen molar-refractivity contribution in [1.29, 1.82) is 0 Å². The molecule has 42 nitrogen and oxygen atoms in total. The molecule has 0 unspecified atom stereocenters. The Morgan fingerprint density at radius 2 is 0.341 bits per heavy atom. The number of hydrogen-bond acceptors (Lipinski definition) is 30.